The largest absolute Gasteiger partial charge is 0.493 e. The molecule has 0 spiro atoms. The number of carboxylic acids is 1. The second-order valence-corrected chi connectivity index (χ2v) is 4.98. The lowest BCUT2D eigenvalue weighted by atomic mass is 10.2. The first-order valence-corrected chi connectivity index (χ1v) is 6.59. The van der Waals surface area contributed by atoms with E-state index in [1.807, 2.05) is 0 Å². The summed E-state index contributed by atoms with van der Waals surface area (Å²) < 4.78 is 11.2. The minimum absolute atomic E-state index is 0.0204. The van der Waals surface area contributed by atoms with Crippen molar-refractivity contribution in [3.63, 3.8) is 0 Å². The molecule has 5 nitrogen and oxygen atoms in total. The van der Waals surface area contributed by atoms with Gasteiger partial charge in [-0.1, -0.05) is 17.7 Å². The maximum atomic E-state index is 11.2. The lowest BCUT2D eigenvalue weighted by molar-refractivity contribution is 0.0693. The highest BCUT2D eigenvalue weighted by Gasteiger charge is 2.18. The molecule has 0 unspecified atom stereocenters. The first kappa shape index (κ1) is 14.6. The Morgan fingerprint density at radius 3 is 2.80 bits per heavy atom. The van der Waals surface area contributed by atoms with E-state index in [9.17, 15) is 9.90 Å². The van der Waals surface area contributed by atoms with E-state index in [1.165, 1.54) is 19.4 Å². The average Bonchev–Trinajstić information content (AvgIpc) is 2.41. The molecule has 104 valence electrons. The lowest BCUT2D eigenvalue weighted by Crippen LogP contribution is -2.02. The van der Waals surface area contributed by atoms with Crippen molar-refractivity contribution in [2.75, 3.05) is 7.11 Å². The van der Waals surface area contributed by atoms with Gasteiger partial charge in [0.2, 0.25) is 5.88 Å². The predicted octanol–water partition coefficient (Wildman–Crippen LogP) is 4.00. The highest BCUT2D eigenvalue weighted by Crippen LogP contribution is 2.37. The topological polar surface area (TPSA) is 68.7 Å². The smallest absolute Gasteiger partial charge is 0.339 e. The van der Waals surface area contributed by atoms with Crippen molar-refractivity contribution < 1.29 is 19.4 Å². The van der Waals surface area contributed by atoms with Gasteiger partial charge in [0, 0.05) is 6.20 Å². The first-order valence-electron chi connectivity index (χ1n) is 5.42. The SMILES string of the molecule is COc1cccc(C(=O)O)c1Oc1ncc(Cl)cc1Br. The second kappa shape index (κ2) is 6.11. The highest BCUT2D eigenvalue weighted by atomic mass is 79.9. The molecule has 0 atom stereocenters. The molecule has 0 amide bonds. The third-order valence-corrected chi connectivity index (χ3v) is 3.18. The van der Waals surface area contributed by atoms with Gasteiger partial charge in [-0.2, -0.15) is 0 Å². The third kappa shape index (κ3) is 3.02. The number of aromatic carboxylic acids is 1. The van der Waals surface area contributed by atoms with Gasteiger partial charge in [-0.3, -0.25) is 0 Å². The van der Waals surface area contributed by atoms with Crippen LogP contribution in [0.3, 0.4) is 0 Å². The van der Waals surface area contributed by atoms with Crippen molar-refractivity contribution in [1.82, 2.24) is 4.98 Å². The molecule has 7 heteroatoms. The van der Waals surface area contributed by atoms with E-state index in [0.29, 0.717) is 15.2 Å². The standard InChI is InChI=1S/C13H9BrClNO4/c1-19-10-4-2-3-8(13(17)18)11(10)20-12-9(14)5-7(15)6-16-12/h2-6H,1H3,(H,17,18). The fourth-order valence-electron chi connectivity index (χ4n) is 1.52. The van der Waals surface area contributed by atoms with Crippen LogP contribution in [-0.2, 0) is 0 Å². The van der Waals surface area contributed by atoms with Crippen LogP contribution in [0, 0.1) is 0 Å². The van der Waals surface area contributed by atoms with E-state index in [-0.39, 0.29) is 17.2 Å². The molecule has 0 aliphatic rings. The molecule has 0 saturated carbocycles. The number of hydrogen-bond acceptors (Lipinski definition) is 4. The minimum atomic E-state index is -1.12. The summed E-state index contributed by atoms with van der Waals surface area (Å²) in [6.07, 6.45) is 1.40. The zero-order chi connectivity index (χ0) is 14.7. The molecule has 1 aromatic carbocycles. The molecule has 0 aliphatic heterocycles. The number of carbonyl (C=O) groups is 1. The van der Waals surface area contributed by atoms with Crippen LogP contribution >= 0.6 is 27.5 Å². The van der Waals surface area contributed by atoms with Crippen molar-refractivity contribution in [2.24, 2.45) is 0 Å². The van der Waals surface area contributed by atoms with Crippen molar-refractivity contribution >= 4 is 33.5 Å². The number of hydrogen-bond donors (Lipinski definition) is 1. The van der Waals surface area contributed by atoms with Crippen molar-refractivity contribution in [1.29, 1.82) is 0 Å². The van der Waals surface area contributed by atoms with E-state index in [2.05, 4.69) is 20.9 Å². The Hall–Kier alpha value is -1.79. The average molecular weight is 359 g/mol. The predicted molar refractivity (Wildman–Crippen MR) is 77.0 cm³/mol. The molecule has 1 aromatic heterocycles. The summed E-state index contributed by atoms with van der Waals surface area (Å²) in [4.78, 5) is 15.2. The molecule has 0 aliphatic carbocycles. The van der Waals surface area contributed by atoms with Gasteiger partial charge in [-0.15, -0.1) is 0 Å². The Balaban J connectivity index is 2.49. The van der Waals surface area contributed by atoms with Gasteiger partial charge >= 0.3 is 5.97 Å². The molecule has 0 fully saturated rings. The lowest BCUT2D eigenvalue weighted by Gasteiger charge is -2.12. The Morgan fingerprint density at radius 1 is 1.45 bits per heavy atom. The Morgan fingerprint density at radius 2 is 2.20 bits per heavy atom. The zero-order valence-electron chi connectivity index (χ0n) is 10.3. The van der Waals surface area contributed by atoms with Crippen LogP contribution in [0.25, 0.3) is 0 Å². The number of carboxylic acid groups (broad SMARTS) is 1. The normalized spacial score (nSPS) is 10.2. The van der Waals surface area contributed by atoms with Crippen molar-refractivity contribution in [3.05, 3.63) is 45.5 Å². The van der Waals surface area contributed by atoms with Crippen LogP contribution < -0.4 is 9.47 Å². The van der Waals surface area contributed by atoms with Crippen LogP contribution in [0.1, 0.15) is 10.4 Å². The number of para-hydroxylation sites is 1. The quantitative estimate of drug-likeness (QED) is 0.895. The maximum absolute atomic E-state index is 11.2. The summed E-state index contributed by atoms with van der Waals surface area (Å²) in [5.74, 6) is -0.544. The number of pyridine rings is 1. The molecule has 20 heavy (non-hydrogen) atoms. The molecule has 0 bridgehead atoms. The summed E-state index contributed by atoms with van der Waals surface area (Å²) in [5, 5.41) is 9.62. The number of halogens is 2. The van der Waals surface area contributed by atoms with Gasteiger partial charge < -0.3 is 14.6 Å². The van der Waals surface area contributed by atoms with Crippen LogP contribution in [0.15, 0.2) is 34.9 Å². The maximum Gasteiger partial charge on any atom is 0.339 e. The van der Waals surface area contributed by atoms with Gasteiger partial charge in [0.15, 0.2) is 11.5 Å². The van der Waals surface area contributed by atoms with Gasteiger partial charge in [0.25, 0.3) is 0 Å². The van der Waals surface area contributed by atoms with Gasteiger partial charge in [-0.05, 0) is 34.1 Å². The monoisotopic (exact) mass is 357 g/mol. The minimum Gasteiger partial charge on any atom is -0.493 e. The van der Waals surface area contributed by atoms with E-state index < -0.39 is 5.97 Å². The number of rotatable bonds is 4. The summed E-state index contributed by atoms with van der Waals surface area (Å²) in [6, 6.07) is 6.19. The highest BCUT2D eigenvalue weighted by molar-refractivity contribution is 9.10. The van der Waals surface area contributed by atoms with Gasteiger partial charge in [-0.25, -0.2) is 9.78 Å². The van der Waals surface area contributed by atoms with Crippen LogP contribution in [0.2, 0.25) is 5.02 Å². The molecule has 0 saturated heterocycles. The Kier molecular flexibility index (Phi) is 4.46. The molecule has 2 aromatic rings. The fraction of sp³-hybridized carbons (Fsp3) is 0.0769. The third-order valence-electron chi connectivity index (χ3n) is 2.40. The van der Waals surface area contributed by atoms with E-state index >= 15 is 0 Å². The van der Waals surface area contributed by atoms with Gasteiger partial charge in [0.05, 0.1) is 16.6 Å². The number of benzene rings is 1. The van der Waals surface area contributed by atoms with Gasteiger partial charge in [0.1, 0.15) is 5.56 Å². The number of methoxy groups -OCH3 is 1. The first-order chi connectivity index (χ1) is 9.52. The molecule has 1 N–H and O–H groups in total. The van der Waals surface area contributed by atoms with Crippen molar-refractivity contribution in [3.8, 4) is 17.4 Å². The summed E-state index contributed by atoms with van der Waals surface area (Å²) in [7, 11) is 1.43. The molecular weight excluding hydrogens is 350 g/mol. The Bertz CT molecular complexity index is 663. The fourth-order valence-corrected chi connectivity index (χ4v) is 2.24. The van der Waals surface area contributed by atoms with E-state index in [4.69, 9.17) is 21.1 Å². The van der Waals surface area contributed by atoms with Crippen LogP contribution in [0.5, 0.6) is 17.4 Å². The van der Waals surface area contributed by atoms with Crippen LogP contribution in [0.4, 0.5) is 0 Å². The van der Waals surface area contributed by atoms with E-state index in [0.717, 1.165) is 0 Å². The summed E-state index contributed by atoms with van der Waals surface area (Å²) in [5.41, 5.74) is -0.0204. The van der Waals surface area contributed by atoms with Crippen molar-refractivity contribution in [2.45, 2.75) is 0 Å². The molecular formula is C13H9BrClNO4. The Labute approximate surface area is 128 Å². The van der Waals surface area contributed by atoms with E-state index in [1.54, 1.807) is 18.2 Å². The van der Waals surface area contributed by atoms with Crippen LogP contribution in [-0.4, -0.2) is 23.2 Å². The summed E-state index contributed by atoms with van der Waals surface area (Å²) in [6.45, 7) is 0. The molecule has 2 rings (SSSR count). The summed E-state index contributed by atoms with van der Waals surface area (Å²) >= 11 is 9.05. The number of ether oxygens (including phenoxy) is 2. The molecule has 0 radical (unpaired) electrons. The zero-order valence-corrected chi connectivity index (χ0v) is 12.6. The molecule has 1 heterocycles. The second-order valence-electron chi connectivity index (χ2n) is 3.68. The number of nitrogens with zero attached hydrogens (tertiary/aromatic N) is 1. The number of aromatic nitrogens is 1.